The van der Waals surface area contributed by atoms with Gasteiger partial charge in [-0.25, -0.2) is 0 Å². The van der Waals surface area contributed by atoms with Crippen molar-refractivity contribution in [3.05, 3.63) is 0 Å². The van der Waals surface area contributed by atoms with Crippen molar-refractivity contribution in [3.63, 3.8) is 0 Å². The summed E-state index contributed by atoms with van der Waals surface area (Å²) in [6.45, 7) is 2.17. The molecule has 0 atom stereocenters. The average Bonchev–Trinajstić information content (AvgIpc) is 2.65. The van der Waals surface area contributed by atoms with Crippen molar-refractivity contribution in [3.8, 4) is 0 Å². The minimum atomic E-state index is -6.29. The van der Waals surface area contributed by atoms with Gasteiger partial charge in [0.2, 0.25) is 0 Å². The molecule has 0 aromatic carbocycles. The second kappa shape index (κ2) is 15.1. The van der Waals surface area contributed by atoms with Gasteiger partial charge in [-0.15, -0.1) is 0 Å². The third-order valence-electron chi connectivity index (χ3n) is 5.32. The van der Waals surface area contributed by atoms with E-state index < -0.39 is 46.2 Å². The molecule has 0 aliphatic rings. The molecule has 12 heteroatoms. The topological polar surface area (TPSA) is 80.7 Å². The van der Waals surface area contributed by atoms with Gasteiger partial charge in [0.05, 0.1) is 0 Å². The van der Waals surface area contributed by atoms with Gasteiger partial charge in [0.1, 0.15) is 5.75 Å². The Morgan fingerprint density at radius 2 is 1.03 bits per heavy atom. The number of carbonyl (C=O) groups excluding carboxylic acids is 1. The van der Waals surface area contributed by atoms with E-state index in [2.05, 4.69) is 11.7 Å². The molecule has 0 saturated heterocycles. The normalized spacial score (nSPS) is 13.3. The van der Waals surface area contributed by atoms with Gasteiger partial charge in [0.25, 0.3) is 10.1 Å². The Kier molecular flexibility index (Phi) is 14.6. The predicted octanol–water partition coefficient (Wildman–Crippen LogP) is 7.15. The summed E-state index contributed by atoms with van der Waals surface area (Å²) in [6, 6.07) is 0. The number of ether oxygens (including phenoxy) is 1. The van der Waals surface area contributed by atoms with Crippen LogP contribution in [-0.4, -0.2) is 42.6 Å². The van der Waals surface area contributed by atoms with Crippen LogP contribution in [0.25, 0.3) is 0 Å². The van der Waals surface area contributed by atoms with E-state index >= 15 is 0 Å². The molecule has 0 amide bonds. The van der Waals surface area contributed by atoms with Gasteiger partial charge in [-0.1, -0.05) is 90.4 Å². The van der Waals surface area contributed by atoms with Crippen LogP contribution in [0.15, 0.2) is 0 Å². The van der Waals surface area contributed by atoms with Gasteiger partial charge >= 0.3 is 23.9 Å². The van der Waals surface area contributed by atoms with E-state index in [0.29, 0.717) is 12.8 Å². The molecule has 0 aromatic rings. The monoisotopic (exact) mass is 514 g/mol. The zero-order valence-electron chi connectivity index (χ0n) is 19.1. The Labute approximate surface area is 192 Å². The van der Waals surface area contributed by atoms with Crippen molar-refractivity contribution in [2.75, 3.05) is 5.75 Å². The molecule has 0 rings (SSSR count). The van der Waals surface area contributed by atoms with Gasteiger partial charge in [0, 0.05) is 6.42 Å². The molecule has 0 radical (unpaired) electrons. The average molecular weight is 515 g/mol. The minimum Gasteiger partial charge on any atom is -0.438 e. The minimum absolute atomic E-state index is 0.00820. The zero-order valence-corrected chi connectivity index (χ0v) is 19.9. The maximum atomic E-state index is 13.1. The van der Waals surface area contributed by atoms with Crippen molar-refractivity contribution in [1.29, 1.82) is 0 Å². The third kappa shape index (κ3) is 13.4. The van der Waals surface area contributed by atoms with Crippen LogP contribution in [-0.2, 0) is 19.6 Å². The zero-order chi connectivity index (χ0) is 25.6. The molecule has 0 heterocycles. The lowest BCUT2D eigenvalue weighted by molar-refractivity contribution is -0.361. The molecule has 5 nitrogen and oxygen atoms in total. The summed E-state index contributed by atoms with van der Waals surface area (Å²) in [5.41, 5.74) is -5.32. The Balaban J connectivity index is 4.25. The lowest BCUT2D eigenvalue weighted by Gasteiger charge is -2.35. The first kappa shape index (κ1) is 32.0. The van der Waals surface area contributed by atoms with Crippen LogP contribution >= 0.6 is 0 Å². The third-order valence-corrected chi connectivity index (χ3v) is 6.10. The number of unbranched alkanes of at least 4 members (excludes halogenated alkanes) is 13. The van der Waals surface area contributed by atoms with E-state index in [9.17, 15) is 39.6 Å². The van der Waals surface area contributed by atoms with Crippen molar-refractivity contribution in [1.82, 2.24) is 0 Å². The molecule has 0 saturated carbocycles. The van der Waals surface area contributed by atoms with Gasteiger partial charge in [-0.05, 0) is 6.42 Å². The number of hydrogen-bond donors (Lipinski definition) is 1. The Bertz CT molecular complexity index is 633. The van der Waals surface area contributed by atoms with Gasteiger partial charge in [-0.3, -0.25) is 9.35 Å². The highest BCUT2D eigenvalue weighted by atomic mass is 32.2. The first-order valence-corrected chi connectivity index (χ1v) is 13.1. The summed E-state index contributed by atoms with van der Waals surface area (Å²) >= 11 is 0. The van der Waals surface area contributed by atoms with Crippen molar-refractivity contribution < 1.29 is 48.8 Å². The molecule has 0 aromatic heterocycles. The van der Waals surface area contributed by atoms with Crippen molar-refractivity contribution in [2.24, 2.45) is 0 Å². The number of carbonyl (C=O) groups is 1. The van der Waals surface area contributed by atoms with E-state index in [0.717, 1.165) is 25.7 Å². The number of hydrogen-bond acceptors (Lipinski definition) is 4. The SMILES string of the molecule is CCCCCCCCCCCCCCCCC(=O)OC(CS(=O)(=O)O)(C(F)(F)F)C(F)(F)F. The van der Waals surface area contributed by atoms with E-state index in [1.165, 1.54) is 44.9 Å². The van der Waals surface area contributed by atoms with E-state index in [1.807, 2.05) is 0 Å². The van der Waals surface area contributed by atoms with Crippen molar-refractivity contribution >= 4 is 16.1 Å². The fourth-order valence-corrected chi connectivity index (χ4v) is 4.34. The Morgan fingerprint density at radius 1 is 0.697 bits per heavy atom. The first-order chi connectivity index (χ1) is 15.2. The largest absolute Gasteiger partial charge is 0.438 e. The Hall–Kier alpha value is -1.04. The predicted molar refractivity (Wildman–Crippen MR) is 112 cm³/mol. The van der Waals surface area contributed by atoms with Crippen LogP contribution in [0.4, 0.5) is 26.3 Å². The molecule has 0 fully saturated rings. The second-order valence-electron chi connectivity index (χ2n) is 8.37. The van der Waals surface area contributed by atoms with Crippen LogP contribution in [0.5, 0.6) is 0 Å². The molecular weight excluding hydrogens is 478 g/mol. The molecule has 0 spiro atoms. The molecule has 198 valence electrons. The van der Waals surface area contributed by atoms with E-state index in [-0.39, 0.29) is 6.42 Å². The highest BCUT2D eigenvalue weighted by Gasteiger charge is 2.75. The van der Waals surface area contributed by atoms with Crippen LogP contribution < -0.4 is 0 Å². The summed E-state index contributed by atoms with van der Waals surface area (Å²) < 4.78 is 112. The lowest BCUT2D eigenvalue weighted by atomic mass is 10.0. The number of halogens is 6. The first-order valence-electron chi connectivity index (χ1n) is 11.5. The highest BCUT2D eigenvalue weighted by molar-refractivity contribution is 7.85. The number of rotatable bonds is 18. The molecule has 1 N–H and O–H groups in total. The Morgan fingerprint density at radius 3 is 1.33 bits per heavy atom. The van der Waals surface area contributed by atoms with Crippen LogP contribution in [0.2, 0.25) is 0 Å². The van der Waals surface area contributed by atoms with E-state index in [1.54, 1.807) is 0 Å². The molecule has 33 heavy (non-hydrogen) atoms. The molecule has 0 unspecified atom stereocenters. The number of esters is 1. The maximum absolute atomic E-state index is 13.1. The molecule has 0 aliphatic carbocycles. The van der Waals surface area contributed by atoms with Gasteiger partial charge in [0.15, 0.2) is 0 Å². The molecular formula is C21H36F6O5S. The standard InChI is InChI=1S/C21H36F6O5S/c1-2-3-4-5-6-7-8-9-10-11-12-13-14-15-16-18(28)32-19(20(22,23)24,21(25,26)27)17-33(29,30)31/h2-17H2,1H3,(H,29,30,31). The maximum Gasteiger partial charge on any atom is 0.438 e. The summed E-state index contributed by atoms with van der Waals surface area (Å²) in [5, 5.41) is 0. The summed E-state index contributed by atoms with van der Waals surface area (Å²) in [4.78, 5) is 11.7. The smallest absolute Gasteiger partial charge is 0.438 e. The molecule has 0 bridgehead atoms. The van der Waals surface area contributed by atoms with Gasteiger partial charge < -0.3 is 4.74 Å². The van der Waals surface area contributed by atoms with Crippen LogP contribution in [0.3, 0.4) is 0 Å². The van der Waals surface area contributed by atoms with Crippen molar-refractivity contribution in [2.45, 2.75) is 121 Å². The molecule has 0 aliphatic heterocycles. The highest BCUT2D eigenvalue weighted by Crippen LogP contribution is 2.47. The van der Waals surface area contributed by atoms with E-state index in [4.69, 9.17) is 4.55 Å². The van der Waals surface area contributed by atoms with Crippen LogP contribution in [0, 0.1) is 0 Å². The fourth-order valence-electron chi connectivity index (χ4n) is 3.44. The summed E-state index contributed by atoms with van der Waals surface area (Å²) in [6.07, 6.45) is 0.397. The lowest BCUT2D eigenvalue weighted by Crippen LogP contribution is -2.63. The quantitative estimate of drug-likeness (QED) is 0.0909. The number of alkyl halides is 6. The fraction of sp³-hybridized carbons (Fsp3) is 0.952. The summed E-state index contributed by atoms with van der Waals surface area (Å²) in [7, 11) is -5.76. The summed E-state index contributed by atoms with van der Waals surface area (Å²) in [5.74, 6) is -4.68. The van der Waals surface area contributed by atoms with Crippen LogP contribution in [0.1, 0.15) is 103 Å². The second-order valence-corrected chi connectivity index (χ2v) is 9.82. The van der Waals surface area contributed by atoms with Gasteiger partial charge in [-0.2, -0.15) is 34.8 Å².